The Morgan fingerprint density at radius 1 is 1.26 bits per heavy atom. The molecule has 2 aliphatic rings. The Morgan fingerprint density at radius 3 is 2.56 bits per heavy atom. The Bertz CT molecular complexity index is 741. The van der Waals surface area contributed by atoms with Crippen LogP contribution < -0.4 is 5.32 Å². The van der Waals surface area contributed by atoms with Gasteiger partial charge in [0.1, 0.15) is 10.6 Å². The lowest BCUT2D eigenvalue weighted by Gasteiger charge is -2.31. The number of hydrogen-bond donors (Lipinski definition) is 2. The van der Waals surface area contributed by atoms with Gasteiger partial charge in [0.25, 0.3) is 12.3 Å². The third-order valence-electron chi connectivity index (χ3n) is 4.83. The molecule has 8 nitrogen and oxygen atoms in total. The highest BCUT2D eigenvalue weighted by atomic mass is 32.2. The molecule has 2 aliphatic heterocycles. The van der Waals surface area contributed by atoms with E-state index in [9.17, 15) is 22.0 Å². The monoisotopic (exact) mass is 406 g/mol. The first-order chi connectivity index (χ1) is 12.9. The molecule has 0 bridgehead atoms. The number of halogens is 2. The van der Waals surface area contributed by atoms with Gasteiger partial charge in [-0.1, -0.05) is 0 Å². The van der Waals surface area contributed by atoms with Gasteiger partial charge in [0, 0.05) is 38.4 Å². The van der Waals surface area contributed by atoms with Crippen LogP contribution in [0.2, 0.25) is 0 Å². The molecular formula is C16H24F2N4O4S. The van der Waals surface area contributed by atoms with Crippen molar-refractivity contribution in [1.82, 2.24) is 19.5 Å². The second kappa shape index (κ2) is 8.63. The Morgan fingerprint density at radius 2 is 1.93 bits per heavy atom. The number of aromatic amines is 1. The van der Waals surface area contributed by atoms with Crippen molar-refractivity contribution in [3.63, 3.8) is 0 Å². The summed E-state index contributed by atoms with van der Waals surface area (Å²) in [4.78, 5) is 16.8. The first-order valence-electron chi connectivity index (χ1n) is 8.94. The average molecular weight is 406 g/mol. The van der Waals surface area contributed by atoms with Gasteiger partial charge >= 0.3 is 0 Å². The summed E-state index contributed by atoms with van der Waals surface area (Å²) < 4.78 is 56.5. The molecule has 0 aliphatic carbocycles. The normalized spacial score (nSPS) is 20.9. The highest BCUT2D eigenvalue weighted by Gasteiger charge is 2.29. The number of rotatable bonds is 6. The van der Waals surface area contributed by atoms with Crippen molar-refractivity contribution in [3.8, 4) is 0 Å². The number of morpholine rings is 1. The third-order valence-corrected chi connectivity index (χ3v) is 6.70. The predicted octanol–water partition coefficient (Wildman–Crippen LogP) is 0.495. The Labute approximate surface area is 156 Å². The minimum absolute atomic E-state index is 0.0429. The number of hydrogen-bond acceptors (Lipinski definition) is 5. The number of alkyl halides is 2. The van der Waals surface area contributed by atoms with Crippen LogP contribution in [0.25, 0.3) is 0 Å². The van der Waals surface area contributed by atoms with Crippen molar-refractivity contribution >= 4 is 15.9 Å². The Hall–Kier alpha value is -1.56. The molecule has 0 aromatic carbocycles. The topological polar surface area (TPSA) is 94.7 Å². The number of carbonyl (C=O) groups excluding carboxylic acids is 1. The number of nitrogens with one attached hydrogen (secondary N) is 2. The van der Waals surface area contributed by atoms with E-state index in [0.717, 1.165) is 0 Å². The lowest BCUT2D eigenvalue weighted by atomic mass is 10.0. The molecule has 0 atom stereocenters. The molecule has 11 heteroatoms. The first-order valence-corrected chi connectivity index (χ1v) is 10.4. The van der Waals surface area contributed by atoms with Crippen LogP contribution in [0.15, 0.2) is 17.2 Å². The largest absolute Gasteiger partial charge is 0.379 e. The van der Waals surface area contributed by atoms with Crippen LogP contribution in [0.1, 0.15) is 23.3 Å². The summed E-state index contributed by atoms with van der Waals surface area (Å²) in [6.45, 7) is 2.01. The van der Waals surface area contributed by atoms with Crippen molar-refractivity contribution in [3.05, 3.63) is 18.0 Å². The van der Waals surface area contributed by atoms with E-state index in [4.69, 9.17) is 4.74 Å². The maximum Gasteiger partial charge on any atom is 0.267 e. The molecule has 1 amide bonds. The van der Waals surface area contributed by atoms with Crippen LogP contribution >= 0.6 is 0 Å². The number of carbonyl (C=O) groups is 1. The van der Waals surface area contributed by atoms with E-state index in [1.807, 2.05) is 0 Å². The SMILES string of the molecule is O=C(NC1CCN(CC(F)F)CC1)c1cc(S(=O)(=O)N2CCOCC2)c[nH]1. The molecular weight excluding hydrogens is 382 g/mol. The molecule has 1 aromatic rings. The summed E-state index contributed by atoms with van der Waals surface area (Å²) in [6.07, 6.45) is 0.114. The third kappa shape index (κ3) is 5.03. The zero-order chi connectivity index (χ0) is 19.4. The molecule has 1 aromatic heterocycles. The maximum absolute atomic E-state index is 12.6. The van der Waals surface area contributed by atoms with Gasteiger partial charge in [-0.05, 0) is 18.9 Å². The van der Waals surface area contributed by atoms with Crippen LogP contribution in [0, 0.1) is 0 Å². The zero-order valence-corrected chi connectivity index (χ0v) is 15.7. The number of H-pyrrole nitrogens is 1. The molecule has 3 rings (SSSR count). The van der Waals surface area contributed by atoms with Crippen LogP contribution in [0.3, 0.4) is 0 Å². The smallest absolute Gasteiger partial charge is 0.267 e. The molecule has 0 spiro atoms. The molecule has 0 saturated carbocycles. The highest BCUT2D eigenvalue weighted by molar-refractivity contribution is 7.89. The molecule has 2 N–H and O–H groups in total. The number of ether oxygens (including phenoxy) is 1. The molecule has 0 unspecified atom stereocenters. The minimum Gasteiger partial charge on any atom is -0.379 e. The van der Waals surface area contributed by atoms with Crippen LogP contribution in [0.5, 0.6) is 0 Å². The molecule has 2 saturated heterocycles. The zero-order valence-electron chi connectivity index (χ0n) is 14.9. The minimum atomic E-state index is -3.66. The molecule has 2 fully saturated rings. The quantitative estimate of drug-likeness (QED) is 0.717. The summed E-state index contributed by atoms with van der Waals surface area (Å²) in [6, 6.07) is 1.21. The number of nitrogens with zero attached hydrogens (tertiary/aromatic N) is 2. The van der Waals surface area contributed by atoms with Crippen LogP contribution in [-0.2, 0) is 14.8 Å². The first kappa shape index (κ1) is 20.2. The van der Waals surface area contributed by atoms with E-state index in [1.165, 1.54) is 16.6 Å². The summed E-state index contributed by atoms with van der Waals surface area (Å²) in [7, 11) is -3.66. The number of likely N-dealkylation sites (tertiary alicyclic amines) is 1. The second-order valence-corrected chi connectivity index (χ2v) is 8.64. The van der Waals surface area contributed by atoms with Crippen LogP contribution in [-0.4, -0.2) is 86.9 Å². The lowest BCUT2D eigenvalue weighted by Crippen LogP contribution is -2.45. The average Bonchev–Trinajstić information content (AvgIpc) is 3.15. The van der Waals surface area contributed by atoms with Gasteiger partial charge in [-0.15, -0.1) is 0 Å². The fraction of sp³-hybridized carbons (Fsp3) is 0.688. The molecule has 27 heavy (non-hydrogen) atoms. The summed E-state index contributed by atoms with van der Waals surface area (Å²) in [5, 5.41) is 2.84. The van der Waals surface area contributed by atoms with Crippen molar-refractivity contribution in [2.24, 2.45) is 0 Å². The summed E-state index contributed by atoms with van der Waals surface area (Å²) in [5.74, 6) is -0.397. The van der Waals surface area contributed by atoms with Gasteiger partial charge in [0.15, 0.2) is 0 Å². The fourth-order valence-electron chi connectivity index (χ4n) is 3.31. The standard InChI is InChI=1S/C16H24F2N4O4S/c17-15(18)11-21-3-1-12(2-4-21)20-16(23)14-9-13(10-19-14)27(24,25)22-5-7-26-8-6-22/h9-10,12,15,19H,1-8,11H2,(H,20,23). The van der Waals surface area contributed by atoms with Gasteiger partial charge in [-0.25, -0.2) is 17.2 Å². The van der Waals surface area contributed by atoms with E-state index in [0.29, 0.717) is 39.1 Å². The molecule has 152 valence electrons. The number of aromatic nitrogens is 1. The van der Waals surface area contributed by atoms with E-state index in [2.05, 4.69) is 10.3 Å². The lowest BCUT2D eigenvalue weighted by molar-refractivity contribution is 0.0695. The fourth-order valence-corrected chi connectivity index (χ4v) is 4.71. The van der Waals surface area contributed by atoms with Crippen molar-refractivity contribution < 1.29 is 26.7 Å². The Kier molecular flexibility index (Phi) is 6.45. The Balaban J connectivity index is 1.56. The predicted molar refractivity (Wildman–Crippen MR) is 93.3 cm³/mol. The van der Waals surface area contributed by atoms with E-state index < -0.39 is 22.4 Å². The highest BCUT2D eigenvalue weighted by Crippen LogP contribution is 2.19. The van der Waals surface area contributed by atoms with Gasteiger partial charge in [-0.2, -0.15) is 4.31 Å². The van der Waals surface area contributed by atoms with E-state index in [-0.39, 0.29) is 36.3 Å². The van der Waals surface area contributed by atoms with Crippen LogP contribution in [0.4, 0.5) is 8.78 Å². The van der Waals surface area contributed by atoms with Gasteiger partial charge < -0.3 is 15.0 Å². The molecule has 3 heterocycles. The molecule has 0 radical (unpaired) electrons. The number of sulfonamides is 1. The van der Waals surface area contributed by atoms with Crippen molar-refractivity contribution in [2.75, 3.05) is 45.9 Å². The van der Waals surface area contributed by atoms with Crippen molar-refractivity contribution in [2.45, 2.75) is 30.2 Å². The van der Waals surface area contributed by atoms with Gasteiger partial charge in [0.05, 0.1) is 19.8 Å². The number of amides is 1. The van der Waals surface area contributed by atoms with Crippen molar-refractivity contribution in [1.29, 1.82) is 0 Å². The van der Waals surface area contributed by atoms with E-state index >= 15 is 0 Å². The maximum atomic E-state index is 12.6. The van der Waals surface area contributed by atoms with Gasteiger partial charge in [0.2, 0.25) is 10.0 Å². The van der Waals surface area contributed by atoms with E-state index in [1.54, 1.807) is 4.90 Å². The number of piperidine rings is 1. The summed E-state index contributed by atoms with van der Waals surface area (Å²) >= 11 is 0. The van der Waals surface area contributed by atoms with Gasteiger partial charge in [-0.3, -0.25) is 9.69 Å². The summed E-state index contributed by atoms with van der Waals surface area (Å²) in [5.41, 5.74) is 0.164. The second-order valence-electron chi connectivity index (χ2n) is 6.70.